The van der Waals surface area contributed by atoms with E-state index in [0.717, 1.165) is 30.5 Å². The minimum atomic E-state index is 0.0407. The highest BCUT2D eigenvalue weighted by molar-refractivity contribution is 7.98. The summed E-state index contributed by atoms with van der Waals surface area (Å²) in [4.78, 5) is 25.6. The van der Waals surface area contributed by atoms with Gasteiger partial charge >= 0.3 is 0 Å². The number of anilines is 1. The van der Waals surface area contributed by atoms with Gasteiger partial charge in [0.25, 0.3) is 5.91 Å². The highest BCUT2D eigenvalue weighted by Gasteiger charge is 2.48. The molecule has 0 aromatic carbocycles. The van der Waals surface area contributed by atoms with Gasteiger partial charge in [-0.05, 0) is 24.8 Å². The molecule has 3 saturated heterocycles. The number of carbonyl (C=O) groups is 1. The molecule has 3 aliphatic rings. The summed E-state index contributed by atoms with van der Waals surface area (Å²) in [6.07, 6.45) is 6.64. The summed E-state index contributed by atoms with van der Waals surface area (Å²) >= 11 is 1.54. The molecule has 0 radical (unpaired) electrons. The number of aromatic nitrogens is 4. The second kappa shape index (κ2) is 5.52. The average molecular weight is 330 g/mol. The summed E-state index contributed by atoms with van der Waals surface area (Å²) in [6, 6.07) is 4.21. The number of fused-ring (bicyclic) bond motifs is 2. The Labute approximate surface area is 138 Å². The predicted octanol–water partition coefficient (Wildman–Crippen LogP) is 1.04. The number of piperazine rings is 1. The van der Waals surface area contributed by atoms with Crippen LogP contribution in [-0.2, 0) is 7.05 Å². The third kappa shape index (κ3) is 2.46. The van der Waals surface area contributed by atoms with Crippen LogP contribution in [0.5, 0.6) is 0 Å². The lowest BCUT2D eigenvalue weighted by Gasteiger charge is -2.56. The Morgan fingerprint density at radius 2 is 2.09 bits per heavy atom. The monoisotopic (exact) mass is 330 g/mol. The lowest BCUT2D eigenvalue weighted by Crippen LogP contribution is -2.70. The molecule has 23 heavy (non-hydrogen) atoms. The maximum absolute atomic E-state index is 12.6. The van der Waals surface area contributed by atoms with E-state index in [-0.39, 0.29) is 18.0 Å². The van der Waals surface area contributed by atoms with Crippen molar-refractivity contribution in [1.29, 1.82) is 0 Å². The molecule has 8 heteroatoms. The van der Waals surface area contributed by atoms with Crippen molar-refractivity contribution in [1.82, 2.24) is 24.6 Å². The largest absolute Gasteiger partial charge is 0.352 e. The molecule has 0 N–H and O–H groups in total. The summed E-state index contributed by atoms with van der Waals surface area (Å²) in [5, 5.41) is 5.01. The lowest BCUT2D eigenvalue weighted by atomic mass is 9.87. The summed E-state index contributed by atoms with van der Waals surface area (Å²) < 4.78 is 1.67. The molecular formula is C15H18N6OS. The molecule has 2 unspecified atom stereocenters. The molecule has 1 amide bonds. The second-order valence-corrected chi connectivity index (χ2v) is 6.71. The predicted molar refractivity (Wildman–Crippen MR) is 87.6 cm³/mol. The molecule has 2 aromatic heterocycles. The Balaban J connectivity index is 1.49. The Kier molecular flexibility index (Phi) is 3.48. The van der Waals surface area contributed by atoms with Gasteiger partial charge in [0.15, 0.2) is 5.16 Å². The standard InChI is InChI=1S/C15H18N6OS/c1-19-6-4-12(18-19)14(22)21-10-7-11(21)9-20(8-10)13-3-5-16-15(17-13)23-2/h3-6,10-11H,7-9H2,1-2H3. The SMILES string of the molecule is CSc1nccc(N2CC3CC(C2)N3C(=O)c2ccn(C)n2)n1. The van der Waals surface area contributed by atoms with Gasteiger partial charge in [0, 0.05) is 32.5 Å². The molecule has 3 fully saturated rings. The van der Waals surface area contributed by atoms with Crippen molar-refractivity contribution in [3.8, 4) is 0 Å². The molecule has 5 heterocycles. The number of hydrogen-bond donors (Lipinski definition) is 0. The molecule has 2 bridgehead atoms. The fourth-order valence-corrected chi connectivity index (χ4v) is 3.75. The molecule has 5 rings (SSSR count). The van der Waals surface area contributed by atoms with Crippen LogP contribution in [0.15, 0.2) is 29.7 Å². The first kappa shape index (κ1) is 14.5. The van der Waals surface area contributed by atoms with E-state index in [1.807, 2.05) is 24.3 Å². The average Bonchev–Trinajstić information content (AvgIpc) is 3.01. The van der Waals surface area contributed by atoms with Crippen LogP contribution in [0.1, 0.15) is 16.9 Å². The molecule has 0 saturated carbocycles. The van der Waals surface area contributed by atoms with E-state index in [4.69, 9.17) is 0 Å². The topological polar surface area (TPSA) is 67.2 Å². The van der Waals surface area contributed by atoms with Crippen LogP contribution >= 0.6 is 11.8 Å². The third-order valence-electron chi connectivity index (χ3n) is 4.49. The number of carbonyl (C=O) groups excluding carboxylic acids is 1. The first-order chi connectivity index (χ1) is 11.2. The van der Waals surface area contributed by atoms with Crippen molar-refractivity contribution in [3.05, 3.63) is 30.2 Å². The minimum Gasteiger partial charge on any atom is -0.352 e. The Morgan fingerprint density at radius 3 is 2.74 bits per heavy atom. The van der Waals surface area contributed by atoms with Gasteiger partial charge in [-0.25, -0.2) is 9.97 Å². The summed E-state index contributed by atoms with van der Waals surface area (Å²) in [7, 11) is 1.83. The van der Waals surface area contributed by atoms with Crippen LogP contribution in [0.4, 0.5) is 5.82 Å². The highest BCUT2D eigenvalue weighted by atomic mass is 32.2. The zero-order chi connectivity index (χ0) is 16.0. The number of piperidine rings is 1. The van der Waals surface area contributed by atoms with E-state index in [9.17, 15) is 4.79 Å². The Morgan fingerprint density at radius 1 is 1.30 bits per heavy atom. The van der Waals surface area contributed by atoms with Gasteiger partial charge in [0.05, 0.1) is 12.1 Å². The highest BCUT2D eigenvalue weighted by Crippen LogP contribution is 2.35. The van der Waals surface area contributed by atoms with Crippen molar-refractivity contribution in [3.63, 3.8) is 0 Å². The van der Waals surface area contributed by atoms with Crippen molar-refractivity contribution in [2.45, 2.75) is 23.7 Å². The molecule has 7 nitrogen and oxygen atoms in total. The van der Waals surface area contributed by atoms with E-state index in [2.05, 4.69) is 20.0 Å². The van der Waals surface area contributed by atoms with Crippen molar-refractivity contribution in [2.24, 2.45) is 7.05 Å². The van der Waals surface area contributed by atoms with Gasteiger partial charge < -0.3 is 9.80 Å². The quantitative estimate of drug-likeness (QED) is 0.619. The number of thioether (sulfide) groups is 1. The maximum atomic E-state index is 12.6. The number of aryl methyl sites for hydroxylation is 1. The Hall–Kier alpha value is -2.09. The van der Waals surface area contributed by atoms with Gasteiger partial charge in [-0.2, -0.15) is 5.10 Å². The number of amides is 1. The van der Waals surface area contributed by atoms with Gasteiger partial charge in [-0.15, -0.1) is 0 Å². The van der Waals surface area contributed by atoms with E-state index < -0.39 is 0 Å². The number of hydrogen-bond acceptors (Lipinski definition) is 6. The first-order valence-corrected chi connectivity index (χ1v) is 8.82. The van der Waals surface area contributed by atoms with Crippen LogP contribution in [0, 0.1) is 0 Å². The Bertz CT molecular complexity index is 735. The van der Waals surface area contributed by atoms with Crippen LogP contribution in [0.25, 0.3) is 0 Å². The second-order valence-electron chi connectivity index (χ2n) is 5.94. The fraction of sp³-hybridized carbons (Fsp3) is 0.467. The van der Waals surface area contributed by atoms with Crippen molar-refractivity contribution < 1.29 is 4.79 Å². The molecule has 3 aliphatic heterocycles. The van der Waals surface area contributed by atoms with Crippen LogP contribution < -0.4 is 4.90 Å². The van der Waals surface area contributed by atoms with Gasteiger partial charge in [-0.3, -0.25) is 9.48 Å². The first-order valence-electron chi connectivity index (χ1n) is 7.60. The lowest BCUT2D eigenvalue weighted by molar-refractivity contribution is 0.00515. The molecule has 120 valence electrons. The zero-order valence-electron chi connectivity index (χ0n) is 13.1. The smallest absolute Gasteiger partial charge is 0.274 e. The molecule has 2 atom stereocenters. The number of rotatable bonds is 3. The van der Waals surface area contributed by atoms with Crippen LogP contribution in [0.3, 0.4) is 0 Å². The van der Waals surface area contributed by atoms with Gasteiger partial charge in [0.1, 0.15) is 11.5 Å². The van der Waals surface area contributed by atoms with Crippen LogP contribution in [0.2, 0.25) is 0 Å². The molecule has 0 spiro atoms. The van der Waals surface area contributed by atoms with E-state index >= 15 is 0 Å². The van der Waals surface area contributed by atoms with E-state index in [0.29, 0.717) is 5.69 Å². The van der Waals surface area contributed by atoms with Gasteiger partial charge in [0.2, 0.25) is 0 Å². The van der Waals surface area contributed by atoms with Crippen LogP contribution in [-0.4, -0.2) is 62.0 Å². The fourth-order valence-electron chi connectivity index (χ4n) is 3.40. The van der Waals surface area contributed by atoms with Crippen molar-refractivity contribution >= 4 is 23.5 Å². The van der Waals surface area contributed by atoms with E-state index in [1.54, 1.807) is 34.9 Å². The van der Waals surface area contributed by atoms with Gasteiger partial charge in [-0.1, -0.05) is 11.8 Å². The summed E-state index contributed by atoms with van der Waals surface area (Å²) in [5.74, 6) is 0.989. The molecule has 2 aromatic rings. The normalized spacial score (nSPS) is 22.9. The number of nitrogens with zero attached hydrogens (tertiary/aromatic N) is 6. The maximum Gasteiger partial charge on any atom is 0.274 e. The molecule has 0 aliphatic carbocycles. The minimum absolute atomic E-state index is 0.0407. The molecular weight excluding hydrogens is 312 g/mol. The summed E-state index contributed by atoms with van der Waals surface area (Å²) in [5.41, 5.74) is 0.530. The van der Waals surface area contributed by atoms with Crippen molar-refractivity contribution in [2.75, 3.05) is 24.2 Å². The summed E-state index contributed by atoms with van der Waals surface area (Å²) in [6.45, 7) is 1.64. The zero-order valence-corrected chi connectivity index (χ0v) is 13.9. The van der Waals surface area contributed by atoms with E-state index in [1.165, 1.54) is 0 Å². The third-order valence-corrected chi connectivity index (χ3v) is 5.05.